The maximum Gasteiger partial charge on any atom is 0.251 e. The monoisotopic (exact) mass is 310 g/mol. The number of hydrogen-bond acceptors (Lipinski definition) is 4. The van der Waals surface area contributed by atoms with Crippen molar-refractivity contribution in [2.24, 2.45) is 0 Å². The lowest BCUT2D eigenvalue weighted by Crippen LogP contribution is -2.27. The predicted molar refractivity (Wildman–Crippen MR) is 83.0 cm³/mol. The predicted octanol–water partition coefficient (Wildman–Crippen LogP) is 1.90. The number of rotatable bonds is 6. The fourth-order valence-electron chi connectivity index (χ4n) is 2.38. The third-order valence-electron chi connectivity index (χ3n) is 3.51. The van der Waals surface area contributed by atoms with Crippen molar-refractivity contribution in [3.05, 3.63) is 23.9 Å². The number of nitrogens with one attached hydrogen (secondary N) is 1. The van der Waals surface area contributed by atoms with Gasteiger partial charge < -0.3 is 10.1 Å². The van der Waals surface area contributed by atoms with Gasteiger partial charge in [-0.15, -0.1) is 0 Å². The first-order valence-electron chi connectivity index (χ1n) is 7.36. The SMILES string of the molecule is C[S@](=O)CCNC(=O)c1ccnc(OC2CCCCC2)c1. The number of hydrogen-bond donors (Lipinski definition) is 1. The fraction of sp³-hybridized carbons (Fsp3) is 0.600. The van der Waals surface area contributed by atoms with E-state index in [1.165, 1.54) is 19.3 Å². The van der Waals surface area contributed by atoms with Gasteiger partial charge in [0.25, 0.3) is 5.91 Å². The van der Waals surface area contributed by atoms with Crippen LogP contribution in [0.2, 0.25) is 0 Å². The summed E-state index contributed by atoms with van der Waals surface area (Å²) in [6, 6.07) is 3.33. The number of pyridine rings is 1. The van der Waals surface area contributed by atoms with E-state index in [9.17, 15) is 9.00 Å². The first kappa shape index (κ1) is 15.9. The van der Waals surface area contributed by atoms with Gasteiger partial charge in [-0.1, -0.05) is 6.42 Å². The summed E-state index contributed by atoms with van der Waals surface area (Å²) < 4.78 is 16.8. The number of carbonyl (C=O) groups is 1. The van der Waals surface area contributed by atoms with Gasteiger partial charge in [0.1, 0.15) is 6.10 Å². The molecule has 5 nitrogen and oxygen atoms in total. The molecule has 1 N–H and O–H groups in total. The molecule has 1 saturated carbocycles. The van der Waals surface area contributed by atoms with E-state index in [1.807, 2.05) is 0 Å². The van der Waals surface area contributed by atoms with Crippen LogP contribution >= 0.6 is 0 Å². The summed E-state index contributed by atoms with van der Waals surface area (Å²) in [7, 11) is -0.900. The minimum atomic E-state index is -0.900. The van der Waals surface area contributed by atoms with Crippen molar-refractivity contribution in [1.82, 2.24) is 10.3 Å². The standard InChI is InChI=1S/C15H22N2O3S/c1-21(19)10-9-17-15(18)12-7-8-16-14(11-12)20-13-5-3-2-4-6-13/h7-8,11,13H,2-6,9-10H2,1H3,(H,17,18)/t21-/m0/s1. The Bertz CT molecular complexity index is 501. The molecule has 1 atom stereocenters. The average Bonchev–Trinajstić information content (AvgIpc) is 2.48. The smallest absolute Gasteiger partial charge is 0.251 e. The van der Waals surface area contributed by atoms with E-state index in [0.29, 0.717) is 23.7 Å². The molecule has 0 unspecified atom stereocenters. The molecule has 1 aromatic rings. The van der Waals surface area contributed by atoms with Crippen LogP contribution in [0.1, 0.15) is 42.5 Å². The van der Waals surface area contributed by atoms with Crippen molar-refractivity contribution < 1.29 is 13.7 Å². The van der Waals surface area contributed by atoms with Crippen LogP contribution in [0.15, 0.2) is 18.3 Å². The van der Waals surface area contributed by atoms with Gasteiger partial charge >= 0.3 is 0 Å². The summed E-state index contributed by atoms with van der Waals surface area (Å²) in [6.45, 7) is 0.406. The molecule has 0 aromatic carbocycles. The van der Waals surface area contributed by atoms with Crippen LogP contribution in [0.3, 0.4) is 0 Å². The highest BCUT2D eigenvalue weighted by atomic mass is 32.2. The Balaban J connectivity index is 1.90. The van der Waals surface area contributed by atoms with Gasteiger partial charge in [0.15, 0.2) is 0 Å². The molecule has 1 aliphatic carbocycles. The van der Waals surface area contributed by atoms with Gasteiger partial charge in [0.2, 0.25) is 5.88 Å². The first-order chi connectivity index (χ1) is 10.1. The molecule has 6 heteroatoms. The van der Waals surface area contributed by atoms with Crippen molar-refractivity contribution in [2.45, 2.75) is 38.2 Å². The van der Waals surface area contributed by atoms with Gasteiger partial charge in [-0.05, 0) is 31.7 Å². The molecule has 1 amide bonds. The van der Waals surface area contributed by atoms with Gasteiger partial charge in [0, 0.05) is 47.2 Å². The minimum absolute atomic E-state index is 0.184. The first-order valence-corrected chi connectivity index (χ1v) is 9.09. The lowest BCUT2D eigenvalue weighted by molar-refractivity contribution is 0.0954. The molecule has 0 aliphatic heterocycles. The molecule has 2 rings (SSSR count). The quantitative estimate of drug-likeness (QED) is 0.871. The van der Waals surface area contributed by atoms with Crippen LogP contribution in [-0.4, -0.2) is 39.8 Å². The number of aromatic nitrogens is 1. The minimum Gasteiger partial charge on any atom is -0.474 e. The molecule has 0 bridgehead atoms. The third kappa shape index (κ3) is 5.46. The molecule has 1 fully saturated rings. The van der Waals surface area contributed by atoms with E-state index in [1.54, 1.807) is 24.6 Å². The van der Waals surface area contributed by atoms with E-state index in [4.69, 9.17) is 4.74 Å². The summed E-state index contributed by atoms with van der Waals surface area (Å²) in [5, 5.41) is 2.75. The molecule has 0 spiro atoms. The van der Waals surface area contributed by atoms with Gasteiger partial charge in [-0.25, -0.2) is 4.98 Å². The highest BCUT2D eigenvalue weighted by Crippen LogP contribution is 2.22. The fourth-order valence-corrected chi connectivity index (χ4v) is 2.77. The Hall–Kier alpha value is -1.43. The number of carbonyl (C=O) groups excluding carboxylic acids is 1. The van der Waals surface area contributed by atoms with Crippen molar-refractivity contribution in [2.75, 3.05) is 18.6 Å². The zero-order valence-corrected chi connectivity index (χ0v) is 13.2. The van der Waals surface area contributed by atoms with Crippen LogP contribution in [0, 0.1) is 0 Å². The second kappa shape index (κ2) is 8.12. The summed E-state index contributed by atoms with van der Waals surface area (Å²) in [5.74, 6) is 0.785. The van der Waals surface area contributed by atoms with Crippen LogP contribution in [0.4, 0.5) is 0 Å². The molecule has 116 valence electrons. The highest BCUT2D eigenvalue weighted by molar-refractivity contribution is 7.84. The summed E-state index contributed by atoms with van der Waals surface area (Å²) in [5.41, 5.74) is 0.526. The topological polar surface area (TPSA) is 68.3 Å². The summed E-state index contributed by atoms with van der Waals surface area (Å²) in [4.78, 5) is 16.2. The van der Waals surface area contributed by atoms with Crippen molar-refractivity contribution in [1.29, 1.82) is 0 Å². The van der Waals surface area contributed by atoms with Crippen LogP contribution in [0.5, 0.6) is 5.88 Å². The molecule has 1 heterocycles. The van der Waals surface area contributed by atoms with Crippen LogP contribution in [0.25, 0.3) is 0 Å². The summed E-state index contributed by atoms with van der Waals surface area (Å²) >= 11 is 0. The Labute approximate surface area is 127 Å². The Morgan fingerprint density at radius 2 is 2.19 bits per heavy atom. The molecule has 1 aromatic heterocycles. The Kier molecular flexibility index (Phi) is 6.17. The molecule has 0 radical (unpaired) electrons. The average molecular weight is 310 g/mol. The second-order valence-corrected chi connectivity index (χ2v) is 6.85. The molecule has 0 saturated heterocycles. The van der Waals surface area contributed by atoms with Gasteiger partial charge in [-0.2, -0.15) is 0 Å². The second-order valence-electron chi connectivity index (χ2n) is 5.29. The Morgan fingerprint density at radius 3 is 2.90 bits per heavy atom. The lowest BCUT2D eigenvalue weighted by Gasteiger charge is -2.22. The third-order valence-corrected chi connectivity index (χ3v) is 4.29. The van der Waals surface area contributed by atoms with Crippen molar-refractivity contribution >= 4 is 16.7 Å². The molecular weight excluding hydrogens is 288 g/mol. The summed E-state index contributed by atoms with van der Waals surface area (Å²) in [6.07, 6.45) is 9.19. The van der Waals surface area contributed by atoms with E-state index in [-0.39, 0.29) is 12.0 Å². The number of amides is 1. The van der Waals surface area contributed by atoms with E-state index in [2.05, 4.69) is 10.3 Å². The number of ether oxygens (including phenoxy) is 1. The zero-order valence-electron chi connectivity index (χ0n) is 12.3. The number of nitrogens with zero attached hydrogens (tertiary/aromatic N) is 1. The normalized spacial score (nSPS) is 17.2. The van der Waals surface area contributed by atoms with Crippen LogP contribution in [-0.2, 0) is 10.8 Å². The van der Waals surface area contributed by atoms with E-state index < -0.39 is 10.8 Å². The molecule has 21 heavy (non-hydrogen) atoms. The van der Waals surface area contributed by atoms with Gasteiger partial charge in [-0.3, -0.25) is 9.00 Å². The highest BCUT2D eigenvalue weighted by Gasteiger charge is 2.16. The maximum absolute atomic E-state index is 12.0. The largest absolute Gasteiger partial charge is 0.474 e. The van der Waals surface area contributed by atoms with Crippen molar-refractivity contribution in [3.8, 4) is 5.88 Å². The van der Waals surface area contributed by atoms with Crippen molar-refractivity contribution in [3.63, 3.8) is 0 Å². The zero-order chi connectivity index (χ0) is 15.1. The van der Waals surface area contributed by atoms with Crippen LogP contribution < -0.4 is 10.1 Å². The maximum atomic E-state index is 12.0. The molecule has 1 aliphatic rings. The van der Waals surface area contributed by atoms with Gasteiger partial charge in [0.05, 0.1) is 0 Å². The van der Waals surface area contributed by atoms with E-state index >= 15 is 0 Å². The van der Waals surface area contributed by atoms with E-state index in [0.717, 1.165) is 12.8 Å². The molecular formula is C15H22N2O3S. The lowest BCUT2D eigenvalue weighted by atomic mass is 9.98. The Morgan fingerprint density at radius 1 is 1.43 bits per heavy atom.